The molecule has 2 rings (SSSR count). The molecule has 0 aliphatic carbocycles. The number of unbranched alkanes of at least 4 members (excludes halogenated alkanes) is 1. The maximum absolute atomic E-state index is 14.0. The highest BCUT2D eigenvalue weighted by Crippen LogP contribution is 2.09. The molecule has 0 fully saturated rings. The summed E-state index contributed by atoms with van der Waals surface area (Å²) in [5.41, 5.74) is 23.2. The number of imidazole rings is 1. The zero-order chi connectivity index (χ0) is 40.9. The molecule has 0 saturated heterocycles. The minimum Gasteiger partial charge on any atom is -0.481 e. The molecule has 1 aromatic heterocycles. The lowest BCUT2D eigenvalue weighted by Gasteiger charge is -2.27. The molecule has 0 spiro atoms. The van der Waals surface area contributed by atoms with Crippen LogP contribution in [0.2, 0.25) is 0 Å². The second-order valence-electron chi connectivity index (χ2n) is 12.7. The molecule has 0 bridgehead atoms. The Bertz CT molecular complexity index is 1600. The van der Waals surface area contributed by atoms with Crippen LogP contribution >= 0.6 is 0 Å². The second-order valence-corrected chi connectivity index (χ2v) is 12.7. The van der Waals surface area contributed by atoms with Gasteiger partial charge in [-0.05, 0) is 51.1 Å². The van der Waals surface area contributed by atoms with E-state index < -0.39 is 84.1 Å². The van der Waals surface area contributed by atoms with Crippen LogP contribution in [0.4, 0.5) is 0 Å². The van der Waals surface area contributed by atoms with Crippen LogP contribution in [0, 0.1) is 0 Å². The van der Waals surface area contributed by atoms with Gasteiger partial charge in [0.15, 0.2) is 5.96 Å². The molecule has 0 aliphatic rings. The smallest absolute Gasteiger partial charge is 0.326 e. The van der Waals surface area contributed by atoms with Crippen LogP contribution < -0.4 is 49.5 Å². The first-order chi connectivity index (χ1) is 26.1. The highest BCUT2D eigenvalue weighted by molar-refractivity contribution is 5.96. The Balaban J connectivity index is 2.43. The predicted molar refractivity (Wildman–Crippen MR) is 198 cm³/mol. The van der Waals surface area contributed by atoms with E-state index in [1.54, 1.807) is 30.3 Å². The number of amides is 5. The molecule has 5 amide bonds. The van der Waals surface area contributed by atoms with Crippen molar-refractivity contribution >= 4 is 47.4 Å². The van der Waals surface area contributed by atoms with Gasteiger partial charge in [-0.3, -0.25) is 33.8 Å². The zero-order valence-corrected chi connectivity index (χ0v) is 30.5. The standard InChI is InChI=1S/C34H52N12O9/c1-19(36)28(49)42-22(10-5-6-12-35)29(50)44-24(14-20-8-3-2-4-9-20)31(52)43-23(11-7-13-40-34(37)38)30(51)45-25(15-21-17-39-18-41-21)32(53)46-26(33(54)55)16-27(47)48/h2-4,8-9,17-19,22-26H,5-7,10-16,35-36H2,1H3,(H,39,41)(H,42,49)(H,43,52)(H,44,50)(H,45,51)(H,46,53)(H,47,48)(H,54,55)(H4,37,38,40)/t19-,22-,23-,24-,25-,26-/m0/s1. The van der Waals surface area contributed by atoms with Gasteiger partial charge < -0.3 is 64.7 Å². The van der Waals surface area contributed by atoms with E-state index in [2.05, 4.69) is 41.5 Å². The zero-order valence-electron chi connectivity index (χ0n) is 30.5. The lowest BCUT2D eigenvalue weighted by Crippen LogP contribution is -2.60. The molecular formula is C34H52N12O9. The summed E-state index contributed by atoms with van der Waals surface area (Å²) in [6, 6.07) is 0.799. The predicted octanol–water partition coefficient (Wildman–Crippen LogP) is -3.29. The number of aromatic amines is 1. The maximum Gasteiger partial charge on any atom is 0.326 e. The fourth-order valence-corrected chi connectivity index (χ4v) is 5.19. The Kier molecular flexibility index (Phi) is 19.3. The van der Waals surface area contributed by atoms with E-state index >= 15 is 0 Å². The Labute approximate surface area is 317 Å². The SMILES string of the molecule is C[C@H](N)C(=O)N[C@@H](CCCCN)C(=O)N[C@@H](Cc1ccccc1)C(=O)N[C@@H](CCCN=C(N)N)C(=O)N[C@@H](Cc1cnc[nH]1)C(=O)N[C@@H](CC(=O)O)C(=O)O. The maximum atomic E-state index is 14.0. The third-order valence-electron chi connectivity index (χ3n) is 8.09. The minimum atomic E-state index is -1.82. The summed E-state index contributed by atoms with van der Waals surface area (Å²) in [5.74, 6) is -7.26. The molecule has 1 aromatic carbocycles. The molecule has 16 N–H and O–H groups in total. The first kappa shape index (κ1) is 45.1. The van der Waals surface area contributed by atoms with Crippen LogP contribution in [0.25, 0.3) is 0 Å². The number of aromatic nitrogens is 2. The van der Waals surface area contributed by atoms with E-state index in [0.29, 0.717) is 30.6 Å². The minimum absolute atomic E-state index is 0.0253. The largest absolute Gasteiger partial charge is 0.481 e. The van der Waals surface area contributed by atoms with Gasteiger partial charge in [0.25, 0.3) is 0 Å². The molecule has 0 radical (unpaired) electrons. The van der Waals surface area contributed by atoms with Gasteiger partial charge in [0.05, 0.1) is 18.8 Å². The van der Waals surface area contributed by atoms with E-state index in [0.717, 1.165) is 0 Å². The second kappa shape index (κ2) is 23.5. The van der Waals surface area contributed by atoms with E-state index in [4.69, 9.17) is 28.0 Å². The third kappa shape index (κ3) is 17.1. The molecule has 21 heteroatoms. The van der Waals surface area contributed by atoms with Gasteiger partial charge in [0.2, 0.25) is 29.5 Å². The topological polar surface area (TPSA) is 365 Å². The van der Waals surface area contributed by atoms with Gasteiger partial charge >= 0.3 is 11.9 Å². The van der Waals surface area contributed by atoms with Crippen LogP contribution in [0.15, 0.2) is 47.8 Å². The van der Waals surface area contributed by atoms with Gasteiger partial charge in [-0.15, -0.1) is 0 Å². The van der Waals surface area contributed by atoms with Crippen molar-refractivity contribution in [2.45, 2.75) is 94.5 Å². The number of aliphatic imine (C=N–C) groups is 1. The fraction of sp³-hybridized carbons (Fsp3) is 0.500. The number of rotatable bonds is 25. The molecule has 2 aromatic rings. The molecule has 1 heterocycles. The Morgan fingerprint density at radius 2 is 1.27 bits per heavy atom. The quantitative estimate of drug-likeness (QED) is 0.0267. The number of hydrogen-bond acceptors (Lipinski definition) is 11. The summed E-state index contributed by atoms with van der Waals surface area (Å²) in [7, 11) is 0. The normalized spacial score (nSPS) is 14.1. The lowest BCUT2D eigenvalue weighted by atomic mass is 10.0. The van der Waals surface area contributed by atoms with Crippen molar-refractivity contribution < 1.29 is 43.8 Å². The number of H-pyrrole nitrogens is 1. The van der Waals surface area contributed by atoms with Crippen molar-refractivity contribution in [1.29, 1.82) is 0 Å². The number of nitrogens with two attached hydrogens (primary N) is 4. The molecule has 55 heavy (non-hydrogen) atoms. The highest BCUT2D eigenvalue weighted by Gasteiger charge is 2.33. The van der Waals surface area contributed by atoms with Crippen molar-refractivity contribution in [3.8, 4) is 0 Å². The lowest BCUT2D eigenvalue weighted by molar-refractivity contribution is -0.147. The molecule has 302 valence electrons. The highest BCUT2D eigenvalue weighted by atomic mass is 16.4. The average molecular weight is 773 g/mol. The number of carbonyl (C=O) groups is 7. The molecular weight excluding hydrogens is 720 g/mol. The van der Waals surface area contributed by atoms with Crippen molar-refractivity contribution in [2.24, 2.45) is 27.9 Å². The number of carbonyl (C=O) groups excluding carboxylic acids is 5. The number of carboxylic acids is 2. The average Bonchev–Trinajstić information content (AvgIpc) is 3.64. The van der Waals surface area contributed by atoms with E-state index in [1.807, 2.05) is 0 Å². The monoisotopic (exact) mass is 772 g/mol. The van der Waals surface area contributed by atoms with Gasteiger partial charge in [-0.2, -0.15) is 0 Å². The van der Waals surface area contributed by atoms with Crippen LogP contribution in [0.5, 0.6) is 0 Å². The van der Waals surface area contributed by atoms with Crippen molar-refractivity contribution in [3.05, 3.63) is 54.1 Å². The van der Waals surface area contributed by atoms with E-state index in [-0.39, 0.29) is 44.6 Å². The number of guanidine groups is 1. The van der Waals surface area contributed by atoms with Crippen LogP contribution in [0.1, 0.15) is 56.7 Å². The van der Waals surface area contributed by atoms with Gasteiger partial charge in [0, 0.05) is 31.3 Å². The van der Waals surface area contributed by atoms with Crippen LogP contribution in [-0.4, -0.2) is 117 Å². The number of nitrogens with zero attached hydrogens (tertiary/aromatic N) is 2. The van der Waals surface area contributed by atoms with Crippen molar-refractivity contribution in [3.63, 3.8) is 0 Å². The number of benzene rings is 1. The van der Waals surface area contributed by atoms with Crippen LogP contribution in [0.3, 0.4) is 0 Å². The first-order valence-corrected chi connectivity index (χ1v) is 17.6. The molecule has 0 unspecified atom stereocenters. The Morgan fingerprint density at radius 1 is 0.745 bits per heavy atom. The van der Waals surface area contributed by atoms with Crippen LogP contribution in [-0.2, 0) is 46.4 Å². The van der Waals surface area contributed by atoms with Gasteiger partial charge in [-0.1, -0.05) is 30.3 Å². The third-order valence-corrected chi connectivity index (χ3v) is 8.09. The van der Waals surface area contributed by atoms with E-state index in [9.17, 15) is 38.7 Å². The summed E-state index contributed by atoms with van der Waals surface area (Å²) in [5, 5.41) is 31.2. The summed E-state index contributed by atoms with van der Waals surface area (Å²) in [4.78, 5) is 101. The summed E-state index contributed by atoms with van der Waals surface area (Å²) in [6.07, 6.45) is 2.84. The number of aliphatic carboxylic acids is 2. The van der Waals surface area contributed by atoms with E-state index in [1.165, 1.54) is 19.4 Å². The summed E-state index contributed by atoms with van der Waals surface area (Å²) >= 11 is 0. The van der Waals surface area contributed by atoms with Crippen molar-refractivity contribution in [1.82, 2.24) is 36.6 Å². The molecule has 0 aliphatic heterocycles. The number of hydrogen-bond donors (Lipinski definition) is 12. The number of nitrogens with one attached hydrogen (secondary N) is 6. The Hall–Kier alpha value is -6.09. The fourth-order valence-electron chi connectivity index (χ4n) is 5.19. The van der Waals surface area contributed by atoms with Gasteiger partial charge in [0.1, 0.15) is 30.2 Å². The number of carboxylic acid groups (broad SMARTS) is 2. The Morgan fingerprint density at radius 3 is 1.78 bits per heavy atom. The summed E-state index contributed by atoms with van der Waals surface area (Å²) < 4.78 is 0. The molecule has 6 atom stereocenters. The van der Waals surface area contributed by atoms with Gasteiger partial charge in [-0.25, -0.2) is 9.78 Å². The molecule has 21 nitrogen and oxygen atoms in total. The summed E-state index contributed by atoms with van der Waals surface area (Å²) in [6.45, 7) is 1.87. The first-order valence-electron chi connectivity index (χ1n) is 17.6. The van der Waals surface area contributed by atoms with Crippen molar-refractivity contribution in [2.75, 3.05) is 13.1 Å². The molecule has 0 saturated carbocycles.